The number of carbonyl (C=O) groups excluding carboxylic acids is 2. The van der Waals surface area contributed by atoms with Gasteiger partial charge in [-0.1, -0.05) is 23.7 Å². The average molecular weight is 307 g/mol. The Hall–Kier alpha value is -2.40. The van der Waals surface area contributed by atoms with E-state index < -0.39 is 11.8 Å². The monoisotopic (exact) mass is 306 g/mol. The Morgan fingerprint density at radius 3 is 2.33 bits per heavy atom. The van der Waals surface area contributed by atoms with E-state index in [2.05, 4.69) is 10.6 Å². The van der Waals surface area contributed by atoms with Gasteiger partial charge in [0.15, 0.2) is 5.78 Å². The Balaban J connectivity index is 2.06. The topological polar surface area (TPSA) is 58.2 Å². The summed E-state index contributed by atoms with van der Waals surface area (Å²) in [4.78, 5) is 23.1. The number of rotatable bonds is 3. The van der Waals surface area contributed by atoms with Gasteiger partial charge in [-0.2, -0.15) is 0 Å². The van der Waals surface area contributed by atoms with Crippen LogP contribution in [0.2, 0.25) is 5.02 Å². The van der Waals surface area contributed by atoms with Gasteiger partial charge in [0, 0.05) is 16.9 Å². The number of benzene rings is 2. The second-order valence-corrected chi connectivity index (χ2v) is 4.75. The van der Waals surface area contributed by atoms with Gasteiger partial charge in [-0.05, 0) is 37.3 Å². The van der Waals surface area contributed by atoms with E-state index in [0.29, 0.717) is 16.9 Å². The highest BCUT2D eigenvalue weighted by Gasteiger charge is 2.06. The third-order valence-electron chi connectivity index (χ3n) is 2.70. The number of hydrogen-bond donors (Lipinski definition) is 2. The fourth-order valence-corrected chi connectivity index (χ4v) is 1.86. The number of urea groups is 1. The van der Waals surface area contributed by atoms with Crippen LogP contribution in [0.25, 0.3) is 0 Å². The van der Waals surface area contributed by atoms with Gasteiger partial charge in [0.25, 0.3) is 0 Å². The number of anilines is 2. The molecule has 0 atom stereocenters. The molecule has 0 radical (unpaired) electrons. The summed E-state index contributed by atoms with van der Waals surface area (Å²) in [5.41, 5.74) is 1.34. The molecule has 0 heterocycles. The maximum absolute atomic E-state index is 13.0. The molecule has 2 aromatic carbocycles. The minimum atomic E-state index is -0.559. The van der Waals surface area contributed by atoms with E-state index in [1.165, 1.54) is 19.1 Å². The van der Waals surface area contributed by atoms with E-state index in [1.807, 2.05) is 0 Å². The van der Waals surface area contributed by atoms with Crippen molar-refractivity contribution in [3.63, 3.8) is 0 Å². The molecule has 2 N–H and O–H groups in total. The molecule has 0 aromatic heterocycles. The molecule has 0 spiro atoms. The molecule has 0 saturated carbocycles. The van der Waals surface area contributed by atoms with Gasteiger partial charge in [-0.3, -0.25) is 4.79 Å². The summed E-state index contributed by atoms with van der Waals surface area (Å²) in [5, 5.41) is 5.02. The summed E-state index contributed by atoms with van der Waals surface area (Å²) < 4.78 is 13.0. The van der Waals surface area contributed by atoms with Gasteiger partial charge in [-0.15, -0.1) is 0 Å². The molecule has 0 bridgehead atoms. The van der Waals surface area contributed by atoms with Gasteiger partial charge in [0.2, 0.25) is 0 Å². The summed E-state index contributed by atoms with van der Waals surface area (Å²) in [6.45, 7) is 1.44. The third kappa shape index (κ3) is 4.03. The number of nitrogens with one attached hydrogen (secondary N) is 2. The largest absolute Gasteiger partial charge is 0.323 e. The molecule has 0 aliphatic heterocycles. The molecule has 0 saturated heterocycles. The van der Waals surface area contributed by atoms with Gasteiger partial charge in [0.1, 0.15) is 5.82 Å². The molecule has 0 aliphatic rings. The van der Waals surface area contributed by atoms with Crippen LogP contribution in [-0.2, 0) is 0 Å². The number of hydrogen-bond acceptors (Lipinski definition) is 2. The molecule has 4 nitrogen and oxygen atoms in total. The van der Waals surface area contributed by atoms with Gasteiger partial charge < -0.3 is 10.6 Å². The number of halogens is 2. The zero-order valence-corrected chi connectivity index (χ0v) is 11.9. The van der Waals surface area contributed by atoms with Crippen LogP contribution < -0.4 is 10.6 Å². The highest BCUT2D eigenvalue weighted by molar-refractivity contribution is 6.31. The second-order valence-electron chi connectivity index (χ2n) is 4.35. The van der Waals surface area contributed by atoms with Crippen LogP contribution in [0.15, 0.2) is 42.5 Å². The standard InChI is InChI=1S/C15H12ClFN2O2/c1-9(20)10-3-2-4-11(7-10)18-15(21)19-12-5-6-14(17)13(16)8-12/h2-8H,1H3,(H2,18,19,21). The minimum absolute atomic E-state index is 0.0774. The summed E-state index contributed by atoms with van der Waals surface area (Å²) in [6.07, 6.45) is 0. The third-order valence-corrected chi connectivity index (χ3v) is 2.99. The molecule has 6 heteroatoms. The lowest BCUT2D eigenvalue weighted by Crippen LogP contribution is -2.19. The van der Waals surface area contributed by atoms with Crippen LogP contribution in [0.4, 0.5) is 20.6 Å². The molecule has 2 rings (SSSR count). The first kappa shape index (κ1) is 15.0. The van der Waals surface area contributed by atoms with Gasteiger partial charge in [-0.25, -0.2) is 9.18 Å². The summed E-state index contributed by atoms with van der Waals surface area (Å²) in [6, 6.07) is 9.90. The van der Waals surface area contributed by atoms with E-state index in [1.54, 1.807) is 24.3 Å². The molecular formula is C15H12ClFN2O2. The van der Waals surface area contributed by atoms with Crippen LogP contribution in [0, 0.1) is 5.82 Å². The number of amides is 2. The van der Waals surface area contributed by atoms with Crippen molar-refractivity contribution in [3.05, 3.63) is 58.9 Å². The van der Waals surface area contributed by atoms with Gasteiger partial charge in [0.05, 0.1) is 5.02 Å². The van der Waals surface area contributed by atoms with Crippen LogP contribution in [-0.4, -0.2) is 11.8 Å². The maximum atomic E-state index is 13.0. The van der Waals surface area contributed by atoms with E-state index in [4.69, 9.17) is 11.6 Å². The molecule has 0 fully saturated rings. The zero-order valence-electron chi connectivity index (χ0n) is 11.1. The predicted octanol–water partition coefficient (Wildman–Crippen LogP) is 4.33. The van der Waals surface area contributed by atoms with Gasteiger partial charge >= 0.3 is 6.03 Å². The molecule has 0 aliphatic carbocycles. The van der Waals surface area contributed by atoms with Crippen molar-refractivity contribution >= 4 is 34.8 Å². The van der Waals surface area contributed by atoms with E-state index in [9.17, 15) is 14.0 Å². The smallest absolute Gasteiger partial charge is 0.308 e. The summed E-state index contributed by atoms with van der Waals surface area (Å²) in [7, 11) is 0. The van der Waals surface area contributed by atoms with Crippen molar-refractivity contribution in [1.29, 1.82) is 0 Å². The average Bonchev–Trinajstić information content (AvgIpc) is 2.43. The molecule has 108 valence electrons. The quantitative estimate of drug-likeness (QED) is 0.829. The fraction of sp³-hybridized carbons (Fsp3) is 0.0667. The Bertz CT molecular complexity index is 704. The molecular weight excluding hydrogens is 295 g/mol. The van der Waals surface area contributed by atoms with Crippen LogP contribution in [0.3, 0.4) is 0 Å². The second kappa shape index (κ2) is 6.37. The van der Waals surface area contributed by atoms with E-state index >= 15 is 0 Å². The molecule has 21 heavy (non-hydrogen) atoms. The lowest BCUT2D eigenvalue weighted by atomic mass is 10.1. The van der Waals surface area contributed by atoms with Crippen LogP contribution in [0.5, 0.6) is 0 Å². The maximum Gasteiger partial charge on any atom is 0.323 e. The highest BCUT2D eigenvalue weighted by Crippen LogP contribution is 2.19. The number of carbonyl (C=O) groups is 2. The van der Waals surface area contributed by atoms with E-state index in [-0.39, 0.29) is 10.8 Å². The molecule has 2 aromatic rings. The number of Topliss-reactive ketones (excluding diaryl/α,β-unsaturated/α-hetero) is 1. The lowest BCUT2D eigenvalue weighted by molar-refractivity contribution is 0.101. The van der Waals surface area contributed by atoms with Crippen molar-refractivity contribution < 1.29 is 14.0 Å². The fourth-order valence-electron chi connectivity index (χ4n) is 1.68. The number of ketones is 1. The molecule has 2 amide bonds. The predicted molar refractivity (Wildman–Crippen MR) is 80.5 cm³/mol. The van der Waals surface area contributed by atoms with Crippen LogP contribution in [0.1, 0.15) is 17.3 Å². The van der Waals surface area contributed by atoms with Crippen molar-refractivity contribution in [2.75, 3.05) is 10.6 Å². The van der Waals surface area contributed by atoms with Crippen LogP contribution >= 0.6 is 11.6 Å². The SMILES string of the molecule is CC(=O)c1cccc(NC(=O)Nc2ccc(F)c(Cl)c2)c1. The van der Waals surface area contributed by atoms with Crippen molar-refractivity contribution in [2.45, 2.75) is 6.92 Å². The summed E-state index contributed by atoms with van der Waals surface area (Å²) >= 11 is 5.63. The first-order valence-electron chi connectivity index (χ1n) is 6.10. The zero-order chi connectivity index (χ0) is 15.4. The first-order valence-corrected chi connectivity index (χ1v) is 6.47. The lowest BCUT2D eigenvalue weighted by Gasteiger charge is -2.09. The first-order chi connectivity index (χ1) is 9.95. The molecule has 0 unspecified atom stereocenters. The Morgan fingerprint density at radius 1 is 1.05 bits per heavy atom. The Labute approximate surface area is 125 Å². The Morgan fingerprint density at radius 2 is 1.71 bits per heavy atom. The Kier molecular flexibility index (Phi) is 4.55. The highest BCUT2D eigenvalue weighted by atomic mass is 35.5. The normalized spacial score (nSPS) is 10.0. The van der Waals surface area contributed by atoms with Crippen molar-refractivity contribution in [3.8, 4) is 0 Å². The minimum Gasteiger partial charge on any atom is -0.308 e. The van der Waals surface area contributed by atoms with Crippen molar-refractivity contribution in [1.82, 2.24) is 0 Å². The van der Waals surface area contributed by atoms with Crippen molar-refractivity contribution in [2.24, 2.45) is 0 Å². The van der Waals surface area contributed by atoms with E-state index in [0.717, 1.165) is 6.07 Å². The summed E-state index contributed by atoms with van der Waals surface area (Å²) in [5.74, 6) is -0.652.